The van der Waals surface area contributed by atoms with Crippen molar-refractivity contribution in [1.29, 1.82) is 0 Å². The summed E-state index contributed by atoms with van der Waals surface area (Å²) >= 11 is 0. The van der Waals surface area contributed by atoms with Crippen molar-refractivity contribution in [3.63, 3.8) is 0 Å². The predicted octanol–water partition coefficient (Wildman–Crippen LogP) is 2.73. The van der Waals surface area contributed by atoms with Gasteiger partial charge in [-0.1, -0.05) is 13.8 Å². The summed E-state index contributed by atoms with van der Waals surface area (Å²) in [6, 6.07) is 1.04. The van der Waals surface area contributed by atoms with Crippen LogP contribution in [0.1, 0.15) is 58.8 Å². The molecule has 5 nitrogen and oxygen atoms in total. The van der Waals surface area contributed by atoms with Gasteiger partial charge in [-0.05, 0) is 39.8 Å². The first-order chi connectivity index (χ1) is 11.1. The molecule has 0 unspecified atom stereocenters. The van der Waals surface area contributed by atoms with Crippen molar-refractivity contribution in [2.24, 2.45) is 0 Å². The van der Waals surface area contributed by atoms with Gasteiger partial charge in [0.05, 0.1) is 0 Å². The lowest BCUT2D eigenvalue weighted by molar-refractivity contribution is -0.132. The Hall–Kier alpha value is -1.36. The molecule has 0 bridgehead atoms. The molecular formula is C18H32N4O. The molecule has 0 atom stereocenters. The lowest BCUT2D eigenvalue weighted by Gasteiger charge is -2.37. The monoisotopic (exact) mass is 320 g/mol. The van der Waals surface area contributed by atoms with Gasteiger partial charge in [-0.15, -0.1) is 0 Å². The normalized spacial score (nSPS) is 16.5. The van der Waals surface area contributed by atoms with Crippen molar-refractivity contribution in [3.05, 3.63) is 18.2 Å². The third kappa shape index (κ3) is 4.56. The maximum atomic E-state index is 12.5. The minimum absolute atomic E-state index is 0.279. The average molecular weight is 320 g/mol. The molecule has 130 valence electrons. The molecule has 1 amide bonds. The third-order valence-electron chi connectivity index (χ3n) is 5.01. The highest BCUT2D eigenvalue weighted by Gasteiger charge is 2.25. The molecule has 0 aromatic carbocycles. The van der Waals surface area contributed by atoms with Gasteiger partial charge in [0.1, 0.15) is 5.82 Å². The first kappa shape index (κ1) is 18.0. The van der Waals surface area contributed by atoms with Crippen LogP contribution in [0.5, 0.6) is 0 Å². The molecule has 1 aromatic rings. The number of carbonyl (C=O) groups excluding carboxylic acids is 1. The van der Waals surface area contributed by atoms with Crippen molar-refractivity contribution >= 4 is 5.91 Å². The zero-order valence-corrected chi connectivity index (χ0v) is 15.2. The van der Waals surface area contributed by atoms with E-state index in [1.807, 2.05) is 17.3 Å². The SMILES string of the molecule is CCN(CC)C1CCN(C(=O)CCc2nccn2C(C)C)CC1. The van der Waals surface area contributed by atoms with Crippen molar-refractivity contribution in [3.8, 4) is 0 Å². The average Bonchev–Trinajstić information content (AvgIpc) is 3.03. The van der Waals surface area contributed by atoms with Crippen molar-refractivity contribution in [1.82, 2.24) is 19.4 Å². The second kappa shape index (κ2) is 8.48. The summed E-state index contributed by atoms with van der Waals surface area (Å²) in [7, 11) is 0. The molecular weight excluding hydrogens is 288 g/mol. The van der Waals surface area contributed by atoms with Gasteiger partial charge in [-0.3, -0.25) is 4.79 Å². The Morgan fingerprint density at radius 2 is 1.96 bits per heavy atom. The topological polar surface area (TPSA) is 41.4 Å². The van der Waals surface area contributed by atoms with E-state index in [9.17, 15) is 4.79 Å². The summed E-state index contributed by atoms with van der Waals surface area (Å²) in [6.07, 6.45) is 7.34. The van der Waals surface area contributed by atoms with E-state index < -0.39 is 0 Å². The smallest absolute Gasteiger partial charge is 0.223 e. The number of amides is 1. The van der Waals surface area contributed by atoms with Crippen molar-refractivity contribution in [2.45, 2.75) is 65.5 Å². The van der Waals surface area contributed by atoms with Gasteiger partial charge in [0.15, 0.2) is 0 Å². The number of imidazole rings is 1. The zero-order chi connectivity index (χ0) is 16.8. The zero-order valence-electron chi connectivity index (χ0n) is 15.2. The van der Waals surface area contributed by atoms with Crippen molar-refractivity contribution in [2.75, 3.05) is 26.2 Å². The van der Waals surface area contributed by atoms with Crippen LogP contribution < -0.4 is 0 Å². The fraction of sp³-hybridized carbons (Fsp3) is 0.778. The molecule has 0 saturated carbocycles. The van der Waals surface area contributed by atoms with E-state index in [1.165, 1.54) is 0 Å². The summed E-state index contributed by atoms with van der Waals surface area (Å²) in [6.45, 7) is 12.7. The number of hydrogen-bond donors (Lipinski definition) is 0. The fourth-order valence-corrected chi connectivity index (χ4v) is 3.60. The van der Waals surface area contributed by atoms with Crippen LogP contribution in [0.2, 0.25) is 0 Å². The highest BCUT2D eigenvalue weighted by atomic mass is 16.2. The number of carbonyl (C=O) groups is 1. The van der Waals surface area contributed by atoms with E-state index in [2.05, 4.69) is 42.1 Å². The number of hydrogen-bond acceptors (Lipinski definition) is 3. The van der Waals surface area contributed by atoms with Gasteiger partial charge in [0.25, 0.3) is 0 Å². The molecule has 1 aliphatic rings. The molecule has 2 rings (SSSR count). The Bertz CT molecular complexity index is 485. The number of likely N-dealkylation sites (tertiary alicyclic amines) is 1. The van der Waals surface area contributed by atoms with Gasteiger partial charge >= 0.3 is 0 Å². The van der Waals surface area contributed by atoms with E-state index in [1.54, 1.807) is 0 Å². The van der Waals surface area contributed by atoms with Crippen LogP contribution in [-0.2, 0) is 11.2 Å². The molecule has 23 heavy (non-hydrogen) atoms. The minimum Gasteiger partial charge on any atom is -0.343 e. The second-order valence-electron chi connectivity index (χ2n) is 6.68. The van der Waals surface area contributed by atoms with E-state index in [-0.39, 0.29) is 5.91 Å². The van der Waals surface area contributed by atoms with Gasteiger partial charge in [-0.25, -0.2) is 4.98 Å². The predicted molar refractivity (Wildman–Crippen MR) is 93.5 cm³/mol. The third-order valence-corrected chi connectivity index (χ3v) is 5.01. The Morgan fingerprint density at radius 3 is 2.52 bits per heavy atom. The Balaban J connectivity index is 1.80. The van der Waals surface area contributed by atoms with E-state index in [0.717, 1.165) is 51.3 Å². The summed E-state index contributed by atoms with van der Waals surface area (Å²) in [5.41, 5.74) is 0. The number of nitrogens with zero attached hydrogens (tertiary/aromatic N) is 4. The first-order valence-corrected chi connectivity index (χ1v) is 9.10. The van der Waals surface area contributed by atoms with Crippen LogP contribution in [0.25, 0.3) is 0 Å². The molecule has 1 aliphatic heterocycles. The van der Waals surface area contributed by atoms with Crippen LogP contribution in [0.4, 0.5) is 0 Å². The maximum Gasteiger partial charge on any atom is 0.223 e. The summed E-state index contributed by atoms with van der Waals surface area (Å²) < 4.78 is 2.15. The van der Waals surface area contributed by atoms with Crippen LogP contribution >= 0.6 is 0 Å². The van der Waals surface area contributed by atoms with Crippen LogP contribution in [0.15, 0.2) is 12.4 Å². The number of rotatable bonds is 7. The Kier molecular flexibility index (Phi) is 6.63. The first-order valence-electron chi connectivity index (χ1n) is 9.10. The summed E-state index contributed by atoms with van der Waals surface area (Å²) in [5, 5.41) is 0. The molecule has 5 heteroatoms. The maximum absolute atomic E-state index is 12.5. The highest BCUT2D eigenvalue weighted by Crippen LogP contribution is 2.18. The lowest BCUT2D eigenvalue weighted by Crippen LogP contribution is -2.46. The van der Waals surface area contributed by atoms with Crippen LogP contribution in [0.3, 0.4) is 0 Å². The van der Waals surface area contributed by atoms with E-state index in [0.29, 0.717) is 18.5 Å². The molecule has 0 aliphatic carbocycles. The second-order valence-corrected chi connectivity index (χ2v) is 6.68. The highest BCUT2D eigenvalue weighted by molar-refractivity contribution is 5.76. The number of aromatic nitrogens is 2. The molecule has 0 spiro atoms. The molecule has 1 aromatic heterocycles. The number of aryl methyl sites for hydroxylation is 1. The van der Waals surface area contributed by atoms with E-state index in [4.69, 9.17) is 0 Å². The fourth-order valence-electron chi connectivity index (χ4n) is 3.60. The quantitative estimate of drug-likeness (QED) is 0.776. The lowest BCUT2D eigenvalue weighted by atomic mass is 10.0. The standard InChI is InChI=1S/C18H32N4O/c1-5-20(6-2)16-9-12-21(13-10-16)18(23)8-7-17-19-11-14-22(17)15(3)4/h11,14-16H,5-10,12-13H2,1-4H3. The van der Waals surface area contributed by atoms with Gasteiger partial charge in [0.2, 0.25) is 5.91 Å². The molecule has 1 fully saturated rings. The van der Waals surface area contributed by atoms with Crippen LogP contribution in [0, 0.1) is 0 Å². The molecule has 2 heterocycles. The Labute approximate surface area is 140 Å². The summed E-state index contributed by atoms with van der Waals surface area (Å²) in [5.74, 6) is 1.30. The minimum atomic E-state index is 0.279. The molecule has 0 radical (unpaired) electrons. The summed E-state index contributed by atoms with van der Waals surface area (Å²) in [4.78, 5) is 21.4. The molecule has 1 saturated heterocycles. The number of piperidine rings is 1. The largest absolute Gasteiger partial charge is 0.343 e. The Morgan fingerprint density at radius 1 is 1.30 bits per heavy atom. The van der Waals surface area contributed by atoms with E-state index >= 15 is 0 Å². The van der Waals surface area contributed by atoms with Gasteiger partial charge in [-0.2, -0.15) is 0 Å². The van der Waals surface area contributed by atoms with Gasteiger partial charge < -0.3 is 14.4 Å². The molecule has 0 N–H and O–H groups in total. The van der Waals surface area contributed by atoms with Crippen molar-refractivity contribution < 1.29 is 4.79 Å². The van der Waals surface area contributed by atoms with Crippen LogP contribution in [-0.4, -0.2) is 57.5 Å². The van der Waals surface area contributed by atoms with Gasteiger partial charge in [0, 0.05) is 50.4 Å².